The lowest BCUT2D eigenvalue weighted by atomic mass is 9.84. The van der Waals surface area contributed by atoms with E-state index in [9.17, 15) is 20.4 Å². The normalized spacial score (nSPS) is 46.2. The Hall–Kier alpha value is -0.890. The number of nitrogens with two attached hydrogens (primary N) is 2. The molecule has 0 aromatic carbocycles. The van der Waals surface area contributed by atoms with E-state index in [0.29, 0.717) is 0 Å². The number of ether oxygens (including phenoxy) is 2. The molecule has 0 bridgehead atoms. The first-order chi connectivity index (χ1) is 11.9. The summed E-state index contributed by atoms with van der Waals surface area (Å²) in [6, 6.07) is -1.90. The molecule has 1 saturated heterocycles. The van der Waals surface area contributed by atoms with Gasteiger partial charge in [-0.1, -0.05) is 0 Å². The van der Waals surface area contributed by atoms with Gasteiger partial charge >= 0.3 is 0 Å². The second kappa shape index (κ2) is 9.35. The van der Waals surface area contributed by atoms with E-state index in [1.165, 1.54) is 6.92 Å². The van der Waals surface area contributed by atoms with Gasteiger partial charge < -0.3 is 51.8 Å². The minimum atomic E-state index is -1.27. The van der Waals surface area contributed by atoms with Gasteiger partial charge in [0.2, 0.25) is 0 Å². The number of rotatable bonds is 3. The van der Waals surface area contributed by atoms with Crippen LogP contribution in [0.5, 0.6) is 0 Å². The maximum atomic E-state index is 10.3. The number of aliphatic carboxylic acids is 1. The second-order valence-corrected chi connectivity index (χ2v) is 6.96. The van der Waals surface area contributed by atoms with Crippen molar-refractivity contribution in [2.24, 2.45) is 11.5 Å². The average Bonchev–Trinajstić information content (AvgIpc) is 2.51. The molecule has 0 spiro atoms. The lowest BCUT2D eigenvalue weighted by Crippen LogP contribution is -2.68. The van der Waals surface area contributed by atoms with Crippen LogP contribution in [0, 0.1) is 0 Å². The van der Waals surface area contributed by atoms with Crippen LogP contribution in [0.15, 0.2) is 0 Å². The van der Waals surface area contributed by atoms with Crippen molar-refractivity contribution in [2.75, 3.05) is 13.7 Å². The van der Waals surface area contributed by atoms with Crippen molar-refractivity contribution < 1.29 is 39.8 Å². The van der Waals surface area contributed by atoms with E-state index in [4.69, 9.17) is 30.8 Å². The Morgan fingerprint density at radius 3 is 2.23 bits per heavy atom. The number of aliphatic hydroxyl groups is 4. The molecular weight excluding hydrogens is 350 g/mol. The van der Waals surface area contributed by atoms with Crippen molar-refractivity contribution in [3.8, 4) is 0 Å². The van der Waals surface area contributed by atoms with Gasteiger partial charge in [-0.05, 0) is 20.4 Å². The van der Waals surface area contributed by atoms with Gasteiger partial charge in [-0.3, -0.25) is 4.79 Å². The molecule has 9 atom stereocenters. The van der Waals surface area contributed by atoms with E-state index in [2.05, 4.69) is 5.32 Å². The van der Waals surface area contributed by atoms with Crippen molar-refractivity contribution in [2.45, 2.75) is 74.7 Å². The van der Waals surface area contributed by atoms with Crippen molar-refractivity contribution >= 4 is 5.97 Å². The molecule has 10 N–H and O–H groups in total. The molecule has 2 rings (SSSR count). The maximum absolute atomic E-state index is 10.3. The van der Waals surface area contributed by atoms with Crippen LogP contribution in [0.25, 0.3) is 0 Å². The van der Waals surface area contributed by atoms with Gasteiger partial charge in [0.05, 0.1) is 18.8 Å². The Bertz CT molecular complexity index is 462. The van der Waals surface area contributed by atoms with Crippen molar-refractivity contribution in [1.82, 2.24) is 5.32 Å². The van der Waals surface area contributed by atoms with Crippen LogP contribution in [0.1, 0.15) is 20.3 Å². The van der Waals surface area contributed by atoms with Crippen LogP contribution in [-0.2, 0) is 14.3 Å². The molecule has 0 aromatic heterocycles. The first-order valence-corrected chi connectivity index (χ1v) is 8.34. The quantitative estimate of drug-likeness (QED) is 0.239. The molecule has 0 amide bonds. The number of carbonyl (C=O) groups is 1. The lowest BCUT2D eigenvalue weighted by Gasteiger charge is -2.47. The standard InChI is InChI=1S/C13H27N3O6.C2H4O2/c1-13(20)4-21-12(9(19)11(13)16-2)22-10-6(15)3-5(14)7(17)8(10)18;1-2(3)4/h5-12,16-20H,3-4,14-15H2,1-2H3;1H3,(H,3,4). The Morgan fingerprint density at radius 1 is 1.19 bits per heavy atom. The third-order valence-corrected chi connectivity index (χ3v) is 4.52. The van der Waals surface area contributed by atoms with E-state index in [-0.39, 0.29) is 13.0 Å². The topological polar surface area (TPSA) is 201 Å². The highest BCUT2D eigenvalue weighted by molar-refractivity contribution is 5.62. The fourth-order valence-corrected chi connectivity index (χ4v) is 3.19. The largest absolute Gasteiger partial charge is 0.481 e. The molecule has 2 aliphatic rings. The third-order valence-electron chi connectivity index (χ3n) is 4.52. The zero-order valence-corrected chi connectivity index (χ0v) is 15.1. The molecular formula is C15H31N3O8. The van der Waals surface area contributed by atoms with Gasteiger partial charge in [-0.25, -0.2) is 0 Å². The smallest absolute Gasteiger partial charge is 0.300 e. The van der Waals surface area contributed by atoms with Crippen LogP contribution < -0.4 is 16.8 Å². The van der Waals surface area contributed by atoms with Crippen LogP contribution in [0.2, 0.25) is 0 Å². The van der Waals surface area contributed by atoms with Gasteiger partial charge in [-0.15, -0.1) is 0 Å². The molecule has 154 valence electrons. The van der Waals surface area contributed by atoms with E-state index in [0.717, 1.165) is 6.92 Å². The first-order valence-electron chi connectivity index (χ1n) is 8.34. The number of likely N-dealkylation sites (N-methyl/N-ethyl adjacent to an activating group) is 1. The van der Waals surface area contributed by atoms with E-state index in [1.807, 2.05) is 0 Å². The summed E-state index contributed by atoms with van der Waals surface area (Å²) in [6.45, 7) is 2.57. The molecule has 1 saturated carbocycles. The SMILES string of the molecule is CC(=O)O.CNC1C(O)C(OC2C(N)CC(N)C(O)C2O)OCC1(C)O. The van der Waals surface area contributed by atoms with Crippen LogP contribution >= 0.6 is 0 Å². The van der Waals surface area contributed by atoms with Crippen molar-refractivity contribution in [3.63, 3.8) is 0 Å². The average molecular weight is 381 g/mol. The zero-order valence-electron chi connectivity index (χ0n) is 15.1. The van der Waals surface area contributed by atoms with Crippen molar-refractivity contribution in [1.29, 1.82) is 0 Å². The van der Waals surface area contributed by atoms with Crippen molar-refractivity contribution in [3.05, 3.63) is 0 Å². The number of aliphatic hydroxyl groups excluding tert-OH is 3. The fraction of sp³-hybridized carbons (Fsp3) is 0.933. The monoisotopic (exact) mass is 381 g/mol. The summed E-state index contributed by atoms with van der Waals surface area (Å²) in [5.41, 5.74) is 10.4. The minimum absolute atomic E-state index is 0.0552. The molecule has 0 radical (unpaired) electrons. The van der Waals surface area contributed by atoms with E-state index >= 15 is 0 Å². The van der Waals surface area contributed by atoms with Gasteiger partial charge in [-0.2, -0.15) is 0 Å². The predicted molar refractivity (Wildman–Crippen MR) is 90.0 cm³/mol. The highest BCUT2D eigenvalue weighted by Gasteiger charge is 2.49. The molecule has 2 fully saturated rings. The Labute approximate surface area is 151 Å². The van der Waals surface area contributed by atoms with Gasteiger partial charge in [0.25, 0.3) is 5.97 Å². The van der Waals surface area contributed by atoms with Crippen LogP contribution in [0.3, 0.4) is 0 Å². The number of carboxylic acid groups (broad SMARTS) is 1. The summed E-state index contributed by atoms with van der Waals surface area (Å²) in [5, 5.41) is 50.7. The van der Waals surface area contributed by atoms with E-state index < -0.39 is 60.4 Å². The maximum Gasteiger partial charge on any atom is 0.300 e. The predicted octanol–water partition coefficient (Wildman–Crippen LogP) is -3.70. The summed E-state index contributed by atoms with van der Waals surface area (Å²) in [6.07, 6.45) is -5.32. The Balaban J connectivity index is 0.000000765. The molecule has 26 heavy (non-hydrogen) atoms. The third kappa shape index (κ3) is 5.55. The van der Waals surface area contributed by atoms with Crippen LogP contribution in [-0.4, -0.2) is 99.6 Å². The summed E-state index contributed by atoms with van der Waals surface area (Å²) in [7, 11) is 1.61. The van der Waals surface area contributed by atoms with Crippen LogP contribution in [0.4, 0.5) is 0 Å². The highest BCUT2D eigenvalue weighted by atomic mass is 16.7. The van der Waals surface area contributed by atoms with Gasteiger partial charge in [0, 0.05) is 19.0 Å². The molecule has 11 heteroatoms. The Kier molecular flexibility index (Phi) is 8.33. The highest BCUT2D eigenvalue weighted by Crippen LogP contribution is 2.28. The summed E-state index contributed by atoms with van der Waals surface area (Å²) >= 11 is 0. The Morgan fingerprint density at radius 2 is 1.73 bits per heavy atom. The van der Waals surface area contributed by atoms with Gasteiger partial charge in [0.1, 0.15) is 23.9 Å². The molecule has 1 heterocycles. The molecule has 1 aliphatic heterocycles. The van der Waals surface area contributed by atoms with E-state index in [1.54, 1.807) is 7.05 Å². The van der Waals surface area contributed by atoms with Gasteiger partial charge in [0.15, 0.2) is 6.29 Å². The molecule has 9 unspecified atom stereocenters. The molecule has 11 nitrogen and oxygen atoms in total. The summed E-state index contributed by atoms with van der Waals surface area (Å²) in [4.78, 5) is 9.00. The second-order valence-electron chi connectivity index (χ2n) is 6.96. The number of hydrogen-bond acceptors (Lipinski definition) is 10. The molecule has 1 aliphatic carbocycles. The number of hydrogen-bond donors (Lipinski definition) is 8. The molecule has 0 aromatic rings. The number of carboxylic acids is 1. The first kappa shape index (κ1) is 23.1. The fourth-order valence-electron chi connectivity index (χ4n) is 3.19. The lowest BCUT2D eigenvalue weighted by molar-refractivity contribution is -0.296. The summed E-state index contributed by atoms with van der Waals surface area (Å²) in [5.74, 6) is -0.833. The minimum Gasteiger partial charge on any atom is -0.481 e. The zero-order chi connectivity index (χ0) is 20.2. The summed E-state index contributed by atoms with van der Waals surface area (Å²) < 4.78 is 11.0. The number of nitrogens with one attached hydrogen (secondary N) is 1.